The molecule has 1 aromatic heterocycles. The Morgan fingerprint density at radius 3 is 2.78 bits per heavy atom. The van der Waals surface area contributed by atoms with Crippen molar-refractivity contribution in [2.75, 3.05) is 0 Å². The van der Waals surface area contributed by atoms with Gasteiger partial charge in [0.25, 0.3) is 0 Å². The Bertz CT molecular complexity index is 556. The van der Waals surface area contributed by atoms with Gasteiger partial charge in [-0.25, -0.2) is 4.98 Å². The molecular weight excluding hydrogens is 246 g/mol. The van der Waals surface area contributed by atoms with Crippen molar-refractivity contribution in [3.8, 4) is 11.4 Å². The van der Waals surface area contributed by atoms with Crippen molar-refractivity contribution in [3.63, 3.8) is 0 Å². The summed E-state index contributed by atoms with van der Waals surface area (Å²) in [6.07, 6.45) is 5.03. The van der Waals surface area contributed by atoms with Gasteiger partial charge in [-0.1, -0.05) is 30.5 Å². The van der Waals surface area contributed by atoms with Crippen LogP contribution in [0.3, 0.4) is 0 Å². The highest BCUT2D eigenvalue weighted by molar-refractivity contribution is 6.33. The van der Waals surface area contributed by atoms with E-state index in [1.54, 1.807) is 0 Å². The predicted molar refractivity (Wildman–Crippen MR) is 72.8 cm³/mol. The molecule has 1 saturated carbocycles. The van der Waals surface area contributed by atoms with Crippen molar-refractivity contribution in [2.24, 2.45) is 0 Å². The molecule has 0 radical (unpaired) electrons. The maximum absolute atomic E-state index is 6.24. The molecule has 0 atom stereocenters. The number of aromatic nitrogens is 3. The molecule has 0 amide bonds. The van der Waals surface area contributed by atoms with Crippen LogP contribution in [0, 0.1) is 6.92 Å². The van der Waals surface area contributed by atoms with Crippen LogP contribution in [-0.2, 0) is 0 Å². The molecule has 2 aromatic rings. The lowest BCUT2D eigenvalue weighted by atomic mass is 10.1. The van der Waals surface area contributed by atoms with Crippen molar-refractivity contribution in [1.29, 1.82) is 0 Å². The second kappa shape index (κ2) is 4.73. The predicted octanol–water partition coefficient (Wildman–Crippen LogP) is 4.09. The lowest BCUT2D eigenvalue weighted by molar-refractivity contribution is 0.672. The zero-order valence-electron chi connectivity index (χ0n) is 10.4. The standard InChI is InChI=1S/C14H16ClN3/c1-9-6-7-11(12(15)8-9)14-16-13(17-18-14)10-4-2-3-5-10/h6-8,10H,2-5H2,1H3,(H,16,17,18). The molecule has 1 N–H and O–H groups in total. The Morgan fingerprint density at radius 2 is 2.06 bits per heavy atom. The summed E-state index contributed by atoms with van der Waals surface area (Å²) in [7, 11) is 0. The van der Waals surface area contributed by atoms with E-state index in [-0.39, 0.29) is 0 Å². The SMILES string of the molecule is Cc1ccc(-c2n[nH]c(C3CCCC3)n2)c(Cl)c1. The average Bonchev–Trinajstić information content (AvgIpc) is 2.99. The highest BCUT2D eigenvalue weighted by atomic mass is 35.5. The molecule has 0 spiro atoms. The molecule has 4 heteroatoms. The minimum absolute atomic E-state index is 0.551. The minimum atomic E-state index is 0.551. The molecule has 1 aliphatic rings. The summed E-state index contributed by atoms with van der Waals surface area (Å²) < 4.78 is 0. The summed E-state index contributed by atoms with van der Waals surface area (Å²) in [6, 6.07) is 5.97. The van der Waals surface area contributed by atoms with E-state index in [2.05, 4.69) is 15.2 Å². The summed E-state index contributed by atoms with van der Waals surface area (Å²) >= 11 is 6.24. The van der Waals surface area contributed by atoms with Gasteiger partial charge in [-0.05, 0) is 37.5 Å². The van der Waals surface area contributed by atoms with Crippen molar-refractivity contribution < 1.29 is 0 Å². The molecule has 1 fully saturated rings. The Balaban J connectivity index is 1.92. The normalized spacial score (nSPS) is 16.3. The van der Waals surface area contributed by atoms with Crippen molar-refractivity contribution in [3.05, 3.63) is 34.6 Å². The number of nitrogens with one attached hydrogen (secondary N) is 1. The van der Waals surface area contributed by atoms with Gasteiger partial charge in [-0.3, -0.25) is 5.10 Å². The van der Waals surface area contributed by atoms with E-state index in [1.165, 1.54) is 25.7 Å². The van der Waals surface area contributed by atoms with Crippen LogP contribution in [0.15, 0.2) is 18.2 Å². The first-order valence-corrected chi connectivity index (χ1v) is 6.80. The summed E-state index contributed by atoms with van der Waals surface area (Å²) in [5, 5.41) is 8.08. The van der Waals surface area contributed by atoms with Gasteiger partial charge >= 0.3 is 0 Å². The van der Waals surface area contributed by atoms with Gasteiger partial charge in [0.15, 0.2) is 5.82 Å². The molecule has 0 saturated heterocycles. The molecule has 0 bridgehead atoms. The summed E-state index contributed by atoms with van der Waals surface area (Å²) in [5.74, 6) is 2.27. The maximum Gasteiger partial charge on any atom is 0.182 e. The number of H-pyrrole nitrogens is 1. The van der Waals surface area contributed by atoms with Gasteiger partial charge in [0.1, 0.15) is 5.82 Å². The summed E-state index contributed by atoms with van der Waals surface area (Å²) in [5.41, 5.74) is 2.05. The van der Waals surface area contributed by atoms with E-state index in [0.717, 1.165) is 17.0 Å². The fraction of sp³-hybridized carbons (Fsp3) is 0.429. The van der Waals surface area contributed by atoms with Crippen LogP contribution in [0.5, 0.6) is 0 Å². The van der Waals surface area contributed by atoms with Crippen LogP contribution in [0.2, 0.25) is 5.02 Å². The smallest absolute Gasteiger partial charge is 0.182 e. The van der Waals surface area contributed by atoms with E-state index >= 15 is 0 Å². The van der Waals surface area contributed by atoms with Crippen LogP contribution in [0.1, 0.15) is 43.0 Å². The Labute approximate surface area is 112 Å². The van der Waals surface area contributed by atoms with Gasteiger partial charge in [0.2, 0.25) is 0 Å². The lowest BCUT2D eigenvalue weighted by Gasteiger charge is -2.02. The maximum atomic E-state index is 6.24. The van der Waals surface area contributed by atoms with E-state index in [1.807, 2.05) is 25.1 Å². The van der Waals surface area contributed by atoms with Crippen molar-refractivity contribution in [1.82, 2.24) is 15.2 Å². The fourth-order valence-corrected chi connectivity index (χ4v) is 2.90. The highest BCUT2D eigenvalue weighted by Crippen LogP contribution is 2.33. The van der Waals surface area contributed by atoms with E-state index in [9.17, 15) is 0 Å². The Kier molecular flexibility index (Phi) is 3.08. The molecule has 1 aliphatic carbocycles. The topological polar surface area (TPSA) is 41.6 Å². The average molecular weight is 262 g/mol. The van der Waals surface area contributed by atoms with Crippen LogP contribution in [-0.4, -0.2) is 15.2 Å². The van der Waals surface area contributed by atoms with E-state index in [4.69, 9.17) is 11.6 Å². The zero-order valence-corrected chi connectivity index (χ0v) is 11.2. The second-order valence-corrected chi connectivity index (χ2v) is 5.42. The van der Waals surface area contributed by atoms with E-state index in [0.29, 0.717) is 16.8 Å². The van der Waals surface area contributed by atoms with Crippen LogP contribution >= 0.6 is 11.6 Å². The van der Waals surface area contributed by atoms with Gasteiger partial charge in [0, 0.05) is 11.5 Å². The largest absolute Gasteiger partial charge is 0.262 e. The van der Waals surface area contributed by atoms with Gasteiger partial charge in [0.05, 0.1) is 5.02 Å². The number of aromatic amines is 1. The van der Waals surface area contributed by atoms with Crippen LogP contribution in [0.25, 0.3) is 11.4 Å². The number of nitrogens with zero attached hydrogens (tertiary/aromatic N) is 2. The summed E-state index contributed by atoms with van der Waals surface area (Å²) in [4.78, 5) is 4.60. The quantitative estimate of drug-likeness (QED) is 0.885. The first-order valence-electron chi connectivity index (χ1n) is 6.43. The number of aryl methyl sites for hydroxylation is 1. The van der Waals surface area contributed by atoms with E-state index < -0.39 is 0 Å². The molecule has 3 nitrogen and oxygen atoms in total. The number of benzene rings is 1. The monoisotopic (exact) mass is 261 g/mol. The number of rotatable bonds is 2. The molecule has 0 unspecified atom stereocenters. The third-order valence-corrected chi connectivity index (χ3v) is 3.92. The van der Waals surface area contributed by atoms with Crippen LogP contribution in [0.4, 0.5) is 0 Å². The highest BCUT2D eigenvalue weighted by Gasteiger charge is 2.21. The number of hydrogen-bond acceptors (Lipinski definition) is 2. The summed E-state index contributed by atoms with van der Waals surface area (Å²) in [6.45, 7) is 2.03. The van der Waals surface area contributed by atoms with Crippen molar-refractivity contribution in [2.45, 2.75) is 38.5 Å². The Morgan fingerprint density at radius 1 is 1.28 bits per heavy atom. The first-order chi connectivity index (χ1) is 8.74. The van der Waals surface area contributed by atoms with Gasteiger partial charge in [-0.15, -0.1) is 0 Å². The molecule has 3 rings (SSSR count). The molecule has 18 heavy (non-hydrogen) atoms. The number of halogens is 1. The molecule has 94 valence electrons. The number of hydrogen-bond donors (Lipinski definition) is 1. The van der Waals surface area contributed by atoms with Gasteiger partial charge < -0.3 is 0 Å². The fourth-order valence-electron chi connectivity index (χ4n) is 2.58. The van der Waals surface area contributed by atoms with Gasteiger partial charge in [-0.2, -0.15) is 5.10 Å². The molecule has 1 heterocycles. The lowest BCUT2D eigenvalue weighted by Crippen LogP contribution is -1.94. The second-order valence-electron chi connectivity index (χ2n) is 5.01. The Hall–Kier alpha value is -1.35. The minimum Gasteiger partial charge on any atom is -0.262 e. The third kappa shape index (κ3) is 2.15. The first kappa shape index (κ1) is 11.7. The van der Waals surface area contributed by atoms with Crippen molar-refractivity contribution >= 4 is 11.6 Å². The zero-order chi connectivity index (χ0) is 12.5. The molecular formula is C14H16ClN3. The molecule has 1 aromatic carbocycles. The third-order valence-electron chi connectivity index (χ3n) is 3.61. The molecule has 0 aliphatic heterocycles. The van der Waals surface area contributed by atoms with Crippen LogP contribution < -0.4 is 0 Å².